The van der Waals surface area contributed by atoms with Gasteiger partial charge >= 0.3 is 12.1 Å². The molecule has 3 N–H and O–H groups in total. The topological polar surface area (TPSA) is 76.7 Å². The summed E-state index contributed by atoms with van der Waals surface area (Å²) in [6.07, 6.45) is 2.28. The number of amides is 4. The number of benzene rings is 2. The SMILES string of the molecule is O=C(NC[C@H]1CCCN(Cc2ccccc2)C1)Nc1cccc(N2CCNC2=O)c1. The van der Waals surface area contributed by atoms with E-state index in [0.717, 1.165) is 38.2 Å². The molecule has 2 fully saturated rings. The Morgan fingerprint density at radius 2 is 1.97 bits per heavy atom. The molecule has 2 aromatic carbocycles. The Kier molecular flexibility index (Phi) is 6.49. The van der Waals surface area contributed by atoms with Gasteiger partial charge in [-0.25, -0.2) is 9.59 Å². The molecule has 0 spiro atoms. The highest BCUT2D eigenvalue weighted by molar-refractivity contribution is 5.95. The maximum atomic E-state index is 12.4. The lowest BCUT2D eigenvalue weighted by Gasteiger charge is -2.32. The first-order valence-electron chi connectivity index (χ1n) is 10.6. The molecule has 2 aliphatic rings. The molecule has 0 aliphatic carbocycles. The van der Waals surface area contributed by atoms with Crippen molar-refractivity contribution in [2.24, 2.45) is 5.92 Å². The van der Waals surface area contributed by atoms with Crippen molar-refractivity contribution in [3.05, 3.63) is 60.2 Å². The highest BCUT2D eigenvalue weighted by atomic mass is 16.2. The standard InChI is InChI=1S/C23H29N5O2/c29-22(26-20-9-4-10-21(14-20)28-13-11-24-23(28)30)25-15-19-8-5-12-27(17-19)16-18-6-2-1-3-7-18/h1-4,6-7,9-10,14,19H,5,8,11-13,15-17H2,(H,24,30)(H2,25,26,29)/t19-/m1/s1. The lowest BCUT2D eigenvalue weighted by molar-refractivity contribution is 0.166. The molecule has 0 aromatic heterocycles. The summed E-state index contributed by atoms with van der Waals surface area (Å²) in [6, 6.07) is 17.6. The lowest BCUT2D eigenvalue weighted by atomic mass is 9.97. The number of nitrogens with zero attached hydrogens (tertiary/aromatic N) is 2. The first kappa shape index (κ1) is 20.2. The third-order valence-corrected chi connectivity index (χ3v) is 5.68. The zero-order valence-electron chi connectivity index (χ0n) is 17.1. The second-order valence-corrected chi connectivity index (χ2v) is 8.00. The van der Waals surface area contributed by atoms with E-state index in [4.69, 9.17) is 0 Å². The van der Waals surface area contributed by atoms with Gasteiger partial charge in [-0.1, -0.05) is 36.4 Å². The maximum absolute atomic E-state index is 12.4. The number of anilines is 2. The zero-order chi connectivity index (χ0) is 20.8. The Morgan fingerprint density at radius 3 is 2.77 bits per heavy atom. The summed E-state index contributed by atoms with van der Waals surface area (Å²) in [7, 11) is 0. The van der Waals surface area contributed by atoms with Gasteiger partial charge in [-0.15, -0.1) is 0 Å². The molecule has 30 heavy (non-hydrogen) atoms. The summed E-state index contributed by atoms with van der Waals surface area (Å²) in [6.45, 7) is 4.99. The van der Waals surface area contributed by atoms with Crippen molar-refractivity contribution in [1.29, 1.82) is 0 Å². The van der Waals surface area contributed by atoms with Gasteiger partial charge in [0, 0.05) is 44.1 Å². The molecule has 2 saturated heterocycles. The Hall–Kier alpha value is -3.06. The van der Waals surface area contributed by atoms with E-state index in [1.807, 2.05) is 30.3 Å². The molecule has 158 valence electrons. The summed E-state index contributed by atoms with van der Waals surface area (Å²) in [5.41, 5.74) is 2.79. The fraction of sp³-hybridized carbons (Fsp3) is 0.391. The Bertz CT molecular complexity index is 873. The smallest absolute Gasteiger partial charge is 0.321 e. The number of piperidine rings is 1. The van der Waals surface area contributed by atoms with Crippen molar-refractivity contribution in [2.45, 2.75) is 19.4 Å². The number of likely N-dealkylation sites (tertiary alicyclic amines) is 1. The van der Waals surface area contributed by atoms with Gasteiger partial charge in [0.25, 0.3) is 0 Å². The fourth-order valence-electron chi connectivity index (χ4n) is 4.18. The summed E-state index contributed by atoms with van der Waals surface area (Å²) in [4.78, 5) is 28.4. The molecule has 2 aliphatic heterocycles. The van der Waals surface area contributed by atoms with E-state index in [9.17, 15) is 9.59 Å². The minimum Gasteiger partial charge on any atom is -0.338 e. The predicted octanol–water partition coefficient (Wildman–Crippen LogP) is 3.25. The summed E-state index contributed by atoms with van der Waals surface area (Å²) < 4.78 is 0. The number of carbonyl (C=O) groups is 2. The average molecular weight is 408 g/mol. The second kappa shape index (κ2) is 9.63. The van der Waals surface area contributed by atoms with Crippen LogP contribution in [-0.2, 0) is 6.54 Å². The molecular formula is C23H29N5O2. The van der Waals surface area contributed by atoms with Gasteiger partial charge in [-0.3, -0.25) is 9.80 Å². The van der Waals surface area contributed by atoms with Gasteiger partial charge < -0.3 is 16.0 Å². The van der Waals surface area contributed by atoms with Gasteiger partial charge in [-0.2, -0.15) is 0 Å². The van der Waals surface area contributed by atoms with Crippen molar-refractivity contribution in [3.63, 3.8) is 0 Å². The van der Waals surface area contributed by atoms with Crippen LogP contribution in [-0.4, -0.2) is 49.7 Å². The van der Waals surface area contributed by atoms with E-state index in [-0.39, 0.29) is 12.1 Å². The second-order valence-electron chi connectivity index (χ2n) is 8.00. The number of nitrogens with one attached hydrogen (secondary N) is 3. The molecule has 7 nitrogen and oxygen atoms in total. The molecule has 0 unspecified atom stereocenters. The van der Waals surface area contributed by atoms with Crippen LogP contribution in [0.15, 0.2) is 54.6 Å². The summed E-state index contributed by atoms with van der Waals surface area (Å²) in [5, 5.41) is 8.69. The van der Waals surface area contributed by atoms with E-state index in [0.29, 0.717) is 31.2 Å². The zero-order valence-corrected chi connectivity index (χ0v) is 17.1. The lowest BCUT2D eigenvalue weighted by Crippen LogP contribution is -2.41. The number of hydrogen-bond acceptors (Lipinski definition) is 3. The molecule has 1 atom stereocenters. The Balaban J connectivity index is 1.25. The number of urea groups is 2. The number of rotatable bonds is 6. The van der Waals surface area contributed by atoms with E-state index < -0.39 is 0 Å². The van der Waals surface area contributed by atoms with Gasteiger partial charge in [0.1, 0.15) is 0 Å². The third kappa shape index (κ3) is 5.30. The summed E-state index contributed by atoms with van der Waals surface area (Å²) >= 11 is 0. The molecular weight excluding hydrogens is 378 g/mol. The predicted molar refractivity (Wildman–Crippen MR) is 119 cm³/mol. The molecule has 0 radical (unpaired) electrons. The van der Waals surface area contributed by atoms with Crippen LogP contribution in [0, 0.1) is 5.92 Å². The van der Waals surface area contributed by atoms with Crippen LogP contribution >= 0.6 is 0 Å². The first-order valence-corrected chi connectivity index (χ1v) is 10.6. The van der Waals surface area contributed by atoms with Crippen LogP contribution in [0.25, 0.3) is 0 Å². The molecule has 0 saturated carbocycles. The molecule has 2 heterocycles. The molecule has 0 bridgehead atoms. The highest BCUT2D eigenvalue weighted by Gasteiger charge is 2.22. The van der Waals surface area contributed by atoms with Crippen LogP contribution in [0.3, 0.4) is 0 Å². The minimum atomic E-state index is -0.210. The van der Waals surface area contributed by atoms with Crippen LogP contribution in [0.2, 0.25) is 0 Å². The van der Waals surface area contributed by atoms with Crippen molar-refractivity contribution in [3.8, 4) is 0 Å². The molecule has 4 rings (SSSR count). The van der Waals surface area contributed by atoms with Crippen molar-refractivity contribution in [2.75, 3.05) is 42.9 Å². The Morgan fingerprint density at radius 1 is 1.10 bits per heavy atom. The van der Waals surface area contributed by atoms with E-state index in [1.54, 1.807) is 4.90 Å². The largest absolute Gasteiger partial charge is 0.338 e. The van der Waals surface area contributed by atoms with E-state index in [1.165, 1.54) is 5.56 Å². The number of carbonyl (C=O) groups excluding carboxylic acids is 2. The Labute approximate surface area is 177 Å². The van der Waals surface area contributed by atoms with E-state index >= 15 is 0 Å². The maximum Gasteiger partial charge on any atom is 0.321 e. The van der Waals surface area contributed by atoms with Crippen molar-refractivity contribution in [1.82, 2.24) is 15.5 Å². The molecule has 7 heteroatoms. The van der Waals surface area contributed by atoms with E-state index in [2.05, 4.69) is 45.1 Å². The summed E-state index contributed by atoms with van der Waals surface area (Å²) in [5.74, 6) is 0.452. The van der Waals surface area contributed by atoms with Crippen LogP contribution in [0.4, 0.5) is 21.0 Å². The normalized spacial score (nSPS) is 19.4. The first-order chi connectivity index (χ1) is 14.7. The number of hydrogen-bond donors (Lipinski definition) is 3. The van der Waals surface area contributed by atoms with Gasteiger partial charge in [-0.05, 0) is 49.1 Å². The molecule has 2 aromatic rings. The molecule has 4 amide bonds. The van der Waals surface area contributed by atoms with Crippen molar-refractivity contribution >= 4 is 23.4 Å². The quantitative estimate of drug-likeness (QED) is 0.688. The third-order valence-electron chi connectivity index (χ3n) is 5.68. The average Bonchev–Trinajstić information content (AvgIpc) is 3.19. The van der Waals surface area contributed by atoms with Crippen molar-refractivity contribution < 1.29 is 9.59 Å². The van der Waals surface area contributed by atoms with Crippen LogP contribution in [0.1, 0.15) is 18.4 Å². The minimum absolute atomic E-state index is 0.103. The fourth-order valence-corrected chi connectivity index (χ4v) is 4.18. The highest BCUT2D eigenvalue weighted by Crippen LogP contribution is 2.21. The van der Waals surface area contributed by atoms with Gasteiger partial charge in [0.15, 0.2) is 0 Å². The van der Waals surface area contributed by atoms with Crippen LogP contribution < -0.4 is 20.9 Å². The van der Waals surface area contributed by atoms with Gasteiger partial charge in [0.05, 0.1) is 0 Å². The monoisotopic (exact) mass is 407 g/mol. The van der Waals surface area contributed by atoms with Gasteiger partial charge in [0.2, 0.25) is 0 Å². The van der Waals surface area contributed by atoms with Crippen LogP contribution in [0.5, 0.6) is 0 Å².